The van der Waals surface area contributed by atoms with Crippen LogP contribution in [0.5, 0.6) is 5.75 Å². The summed E-state index contributed by atoms with van der Waals surface area (Å²) < 4.78 is 6.18. The molecule has 1 aromatic carbocycles. The average Bonchev–Trinajstić information content (AvgIpc) is 2.48. The molecule has 118 valence electrons. The monoisotopic (exact) mass is 321 g/mol. The van der Waals surface area contributed by atoms with Crippen LogP contribution in [0, 0.1) is 6.92 Å². The van der Waals surface area contributed by atoms with Crippen LogP contribution in [0.15, 0.2) is 18.2 Å². The van der Waals surface area contributed by atoms with E-state index in [1.165, 1.54) is 0 Å². The van der Waals surface area contributed by atoms with Gasteiger partial charge < -0.3 is 9.64 Å². The third kappa shape index (κ3) is 2.72. The van der Waals surface area contributed by atoms with E-state index in [-0.39, 0.29) is 11.7 Å². The lowest BCUT2D eigenvalue weighted by atomic mass is 9.82. The number of alkyl halides is 1. The molecule has 0 aliphatic carbocycles. The van der Waals surface area contributed by atoms with Crippen LogP contribution < -0.4 is 4.74 Å². The number of likely N-dealkylation sites (tertiary alicyclic amines) is 1. The summed E-state index contributed by atoms with van der Waals surface area (Å²) in [5.74, 6) is 0.762. The van der Waals surface area contributed by atoms with E-state index in [4.69, 9.17) is 16.3 Å². The molecule has 1 unspecified atom stereocenters. The maximum atomic E-state index is 12.5. The van der Waals surface area contributed by atoms with Gasteiger partial charge in [0.15, 0.2) is 5.78 Å². The normalized spacial score (nSPS) is 21.2. The first-order valence-electron chi connectivity index (χ1n) is 7.66. The first kappa shape index (κ1) is 15.3. The molecule has 1 amide bonds. The van der Waals surface area contributed by atoms with E-state index in [1.807, 2.05) is 25.1 Å². The molecule has 2 aliphatic heterocycles. The van der Waals surface area contributed by atoms with Gasteiger partial charge in [-0.25, -0.2) is 0 Å². The van der Waals surface area contributed by atoms with Crippen molar-refractivity contribution in [2.45, 2.75) is 44.1 Å². The number of rotatable bonds is 1. The summed E-state index contributed by atoms with van der Waals surface area (Å²) in [5.41, 5.74) is 1.27. The molecular weight excluding hydrogens is 302 g/mol. The molecule has 1 saturated heterocycles. The highest BCUT2D eigenvalue weighted by Gasteiger charge is 2.43. The Morgan fingerprint density at radius 2 is 2.05 bits per heavy atom. The van der Waals surface area contributed by atoms with Crippen molar-refractivity contribution in [2.75, 3.05) is 13.1 Å². The first-order valence-corrected chi connectivity index (χ1v) is 8.10. The third-order valence-electron chi connectivity index (χ3n) is 4.57. The quantitative estimate of drug-likeness (QED) is 0.747. The number of benzene rings is 1. The number of ether oxygens (including phenoxy) is 1. The fraction of sp³-hybridized carbons (Fsp3) is 0.529. The van der Waals surface area contributed by atoms with Crippen molar-refractivity contribution in [2.24, 2.45) is 0 Å². The van der Waals surface area contributed by atoms with E-state index in [0.29, 0.717) is 43.7 Å². The van der Waals surface area contributed by atoms with Crippen LogP contribution >= 0.6 is 11.6 Å². The molecule has 0 radical (unpaired) electrons. The molecule has 1 spiro atoms. The topological polar surface area (TPSA) is 46.6 Å². The first-order chi connectivity index (χ1) is 10.4. The van der Waals surface area contributed by atoms with Gasteiger partial charge in [0.05, 0.1) is 12.0 Å². The van der Waals surface area contributed by atoms with Crippen LogP contribution in [0.25, 0.3) is 0 Å². The number of aryl methyl sites for hydroxylation is 1. The molecule has 5 heteroatoms. The van der Waals surface area contributed by atoms with E-state index in [1.54, 1.807) is 11.8 Å². The largest absolute Gasteiger partial charge is 0.486 e. The van der Waals surface area contributed by atoms with Crippen LogP contribution in [0.2, 0.25) is 0 Å². The van der Waals surface area contributed by atoms with Crippen molar-refractivity contribution in [1.82, 2.24) is 4.90 Å². The summed E-state index contributed by atoms with van der Waals surface area (Å²) in [6.07, 6.45) is 1.73. The molecule has 0 aromatic heterocycles. The standard InChI is InChI=1S/C17H20ClNO3/c1-11-3-4-15-13(9-11)14(20)10-17(22-15)5-7-19(8-6-17)16(21)12(2)18/h3-4,9,12H,5-8,10H2,1-2H3. The molecule has 0 saturated carbocycles. The number of ketones is 1. The van der Waals surface area contributed by atoms with Crippen LogP contribution in [-0.4, -0.2) is 40.7 Å². The fourth-order valence-electron chi connectivity index (χ4n) is 3.27. The average molecular weight is 322 g/mol. The van der Waals surface area contributed by atoms with E-state index in [2.05, 4.69) is 0 Å². The zero-order valence-corrected chi connectivity index (χ0v) is 13.7. The lowest BCUT2D eigenvalue weighted by Gasteiger charge is -2.44. The second-order valence-electron chi connectivity index (χ2n) is 6.33. The third-order valence-corrected chi connectivity index (χ3v) is 4.76. The molecule has 1 fully saturated rings. The van der Waals surface area contributed by atoms with Crippen molar-refractivity contribution in [1.29, 1.82) is 0 Å². The molecule has 1 atom stereocenters. The smallest absolute Gasteiger partial charge is 0.240 e. The Kier molecular flexibility index (Phi) is 3.89. The predicted molar refractivity (Wildman–Crippen MR) is 84.6 cm³/mol. The van der Waals surface area contributed by atoms with Crippen molar-refractivity contribution >= 4 is 23.3 Å². The number of nitrogens with zero attached hydrogens (tertiary/aromatic N) is 1. The molecule has 3 rings (SSSR count). The molecule has 1 aromatic rings. The second kappa shape index (κ2) is 5.58. The number of piperidine rings is 1. The highest BCUT2D eigenvalue weighted by molar-refractivity contribution is 6.30. The predicted octanol–water partition coefficient (Wildman–Crippen LogP) is 2.95. The van der Waals surface area contributed by atoms with Crippen LogP contribution in [-0.2, 0) is 4.79 Å². The van der Waals surface area contributed by atoms with Crippen LogP contribution in [0.1, 0.15) is 42.1 Å². The number of halogens is 1. The molecule has 2 heterocycles. The summed E-state index contributed by atoms with van der Waals surface area (Å²) in [7, 11) is 0. The Balaban J connectivity index is 1.76. The number of hydrogen-bond acceptors (Lipinski definition) is 3. The number of carbonyl (C=O) groups is 2. The number of carbonyl (C=O) groups excluding carboxylic acids is 2. The molecule has 22 heavy (non-hydrogen) atoms. The van der Waals surface area contributed by atoms with Crippen molar-refractivity contribution < 1.29 is 14.3 Å². The van der Waals surface area contributed by atoms with Gasteiger partial charge in [-0.1, -0.05) is 11.6 Å². The molecule has 4 nitrogen and oxygen atoms in total. The van der Waals surface area contributed by atoms with Gasteiger partial charge in [0.25, 0.3) is 0 Å². The van der Waals surface area contributed by atoms with Gasteiger partial charge >= 0.3 is 0 Å². The van der Waals surface area contributed by atoms with Gasteiger partial charge in [-0.3, -0.25) is 9.59 Å². The van der Waals surface area contributed by atoms with Gasteiger partial charge in [0.1, 0.15) is 16.7 Å². The van der Waals surface area contributed by atoms with E-state index in [0.717, 1.165) is 5.56 Å². The van der Waals surface area contributed by atoms with Crippen molar-refractivity contribution in [3.8, 4) is 5.75 Å². The van der Waals surface area contributed by atoms with Crippen LogP contribution in [0.3, 0.4) is 0 Å². The highest BCUT2D eigenvalue weighted by Crippen LogP contribution is 2.39. The number of fused-ring (bicyclic) bond motifs is 1. The Hall–Kier alpha value is -1.55. The highest BCUT2D eigenvalue weighted by atomic mass is 35.5. The molecular formula is C17H20ClNO3. The second-order valence-corrected chi connectivity index (χ2v) is 6.98. The summed E-state index contributed by atoms with van der Waals surface area (Å²) in [6, 6.07) is 5.72. The van der Waals surface area contributed by atoms with E-state index >= 15 is 0 Å². The Morgan fingerprint density at radius 3 is 2.68 bits per heavy atom. The van der Waals surface area contributed by atoms with E-state index < -0.39 is 11.0 Å². The lowest BCUT2D eigenvalue weighted by molar-refractivity contribution is -0.134. The van der Waals surface area contributed by atoms with Gasteiger partial charge in [0.2, 0.25) is 5.91 Å². The summed E-state index contributed by atoms with van der Waals surface area (Å²) >= 11 is 5.87. The fourth-order valence-corrected chi connectivity index (χ4v) is 3.41. The summed E-state index contributed by atoms with van der Waals surface area (Å²) in [4.78, 5) is 26.2. The number of amides is 1. The molecule has 2 aliphatic rings. The Bertz CT molecular complexity index is 618. The summed E-state index contributed by atoms with van der Waals surface area (Å²) in [5, 5.41) is -0.508. The Labute approximate surface area is 135 Å². The van der Waals surface area contributed by atoms with Gasteiger partial charge in [0, 0.05) is 25.9 Å². The number of hydrogen-bond donors (Lipinski definition) is 0. The van der Waals surface area contributed by atoms with Gasteiger partial charge in [-0.15, -0.1) is 11.6 Å². The lowest BCUT2D eigenvalue weighted by Crippen LogP contribution is -2.53. The molecule has 0 N–H and O–H groups in total. The van der Waals surface area contributed by atoms with E-state index in [9.17, 15) is 9.59 Å². The van der Waals surface area contributed by atoms with Gasteiger partial charge in [-0.05, 0) is 26.0 Å². The molecule has 0 bridgehead atoms. The van der Waals surface area contributed by atoms with Gasteiger partial charge in [-0.2, -0.15) is 0 Å². The number of Topliss-reactive ketones (excluding diaryl/α,β-unsaturated/α-hetero) is 1. The zero-order chi connectivity index (χ0) is 15.9. The minimum atomic E-state index is -0.508. The minimum absolute atomic E-state index is 0.0466. The summed E-state index contributed by atoms with van der Waals surface area (Å²) in [6.45, 7) is 4.83. The maximum Gasteiger partial charge on any atom is 0.240 e. The van der Waals surface area contributed by atoms with Crippen molar-refractivity contribution in [3.63, 3.8) is 0 Å². The van der Waals surface area contributed by atoms with Crippen LogP contribution in [0.4, 0.5) is 0 Å². The SMILES string of the molecule is Cc1ccc2c(c1)C(=O)CC1(CCN(C(=O)C(C)Cl)CC1)O2. The minimum Gasteiger partial charge on any atom is -0.486 e. The zero-order valence-electron chi connectivity index (χ0n) is 12.9. The Morgan fingerprint density at radius 1 is 1.36 bits per heavy atom. The van der Waals surface area contributed by atoms with Crippen molar-refractivity contribution in [3.05, 3.63) is 29.3 Å². The maximum absolute atomic E-state index is 12.5.